The lowest BCUT2D eigenvalue weighted by atomic mass is 10.1. The molecule has 0 amide bonds. The number of nitrogens with two attached hydrogens (primary N) is 1. The average molecular weight is 185 g/mol. The normalized spacial score (nSPS) is 22.2. The maximum atomic E-state index is 7.29. The van der Waals surface area contributed by atoms with Crippen LogP contribution in [0.1, 0.15) is 13.3 Å². The van der Waals surface area contributed by atoms with Crippen molar-refractivity contribution in [2.45, 2.75) is 13.3 Å². The molecule has 1 saturated heterocycles. The molecule has 0 spiro atoms. The number of amidine groups is 1. The topological polar surface area (TPSA) is 62.3 Å². The maximum absolute atomic E-state index is 7.29. The van der Waals surface area contributed by atoms with Gasteiger partial charge in [0.05, 0.1) is 12.4 Å². The van der Waals surface area contributed by atoms with Crippen LogP contribution in [-0.4, -0.2) is 43.6 Å². The Morgan fingerprint density at radius 2 is 2.31 bits per heavy atom. The van der Waals surface area contributed by atoms with Crippen molar-refractivity contribution in [3.63, 3.8) is 0 Å². The van der Waals surface area contributed by atoms with Gasteiger partial charge in [-0.1, -0.05) is 6.92 Å². The molecule has 76 valence electrons. The lowest BCUT2D eigenvalue weighted by Gasteiger charge is -2.22. The van der Waals surface area contributed by atoms with Crippen LogP contribution in [0.5, 0.6) is 0 Å². The number of hydrogen-bond acceptors (Lipinski definition) is 3. The van der Waals surface area contributed by atoms with Crippen LogP contribution >= 0.6 is 0 Å². The number of ether oxygens (including phenoxy) is 1. The standard InChI is InChI=1S/C9H19N3O/c1-8(9(10)11)7-12-3-2-5-13-6-4-12/h8H,2-7H2,1H3,(H3,10,11). The molecule has 13 heavy (non-hydrogen) atoms. The molecule has 1 heterocycles. The summed E-state index contributed by atoms with van der Waals surface area (Å²) >= 11 is 0. The fraction of sp³-hybridized carbons (Fsp3) is 0.889. The van der Waals surface area contributed by atoms with Gasteiger partial charge in [-0.25, -0.2) is 0 Å². The predicted octanol–water partition coefficient (Wildman–Crippen LogP) is 0.281. The summed E-state index contributed by atoms with van der Waals surface area (Å²) in [6, 6.07) is 0. The van der Waals surface area contributed by atoms with Gasteiger partial charge in [-0.2, -0.15) is 0 Å². The molecular weight excluding hydrogens is 166 g/mol. The van der Waals surface area contributed by atoms with E-state index in [1.165, 1.54) is 0 Å². The van der Waals surface area contributed by atoms with Crippen molar-refractivity contribution in [2.24, 2.45) is 11.7 Å². The zero-order chi connectivity index (χ0) is 9.68. The molecule has 0 radical (unpaired) electrons. The molecule has 0 aromatic carbocycles. The van der Waals surface area contributed by atoms with E-state index >= 15 is 0 Å². The predicted molar refractivity (Wildman–Crippen MR) is 53.0 cm³/mol. The molecule has 1 fully saturated rings. The molecule has 1 aliphatic rings. The van der Waals surface area contributed by atoms with E-state index in [1.807, 2.05) is 6.92 Å². The fourth-order valence-electron chi connectivity index (χ4n) is 1.47. The summed E-state index contributed by atoms with van der Waals surface area (Å²) in [5.74, 6) is 0.447. The molecule has 3 N–H and O–H groups in total. The zero-order valence-corrected chi connectivity index (χ0v) is 8.25. The second-order valence-corrected chi connectivity index (χ2v) is 3.62. The number of rotatable bonds is 3. The van der Waals surface area contributed by atoms with Crippen LogP contribution in [0.3, 0.4) is 0 Å². The van der Waals surface area contributed by atoms with Gasteiger partial charge in [0.15, 0.2) is 0 Å². The monoisotopic (exact) mass is 185 g/mol. The Bertz CT molecular complexity index is 164. The Balaban J connectivity index is 2.29. The summed E-state index contributed by atoms with van der Waals surface area (Å²) in [7, 11) is 0. The third-order valence-electron chi connectivity index (χ3n) is 2.38. The first kappa shape index (κ1) is 10.5. The molecule has 4 heteroatoms. The number of hydrogen-bond donors (Lipinski definition) is 2. The van der Waals surface area contributed by atoms with Crippen LogP contribution < -0.4 is 5.73 Å². The van der Waals surface area contributed by atoms with E-state index < -0.39 is 0 Å². The van der Waals surface area contributed by atoms with Crippen LogP contribution in [0.15, 0.2) is 0 Å². The van der Waals surface area contributed by atoms with E-state index in [4.69, 9.17) is 15.9 Å². The summed E-state index contributed by atoms with van der Waals surface area (Å²) in [6.07, 6.45) is 1.09. The van der Waals surface area contributed by atoms with Crippen molar-refractivity contribution in [1.29, 1.82) is 5.41 Å². The molecule has 0 aliphatic carbocycles. The summed E-state index contributed by atoms with van der Waals surface area (Å²) in [4.78, 5) is 2.32. The van der Waals surface area contributed by atoms with Gasteiger partial charge in [0.1, 0.15) is 0 Å². The summed E-state index contributed by atoms with van der Waals surface area (Å²) in [5, 5.41) is 7.29. The Hall–Kier alpha value is -0.610. The van der Waals surface area contributed by atoms with Crippen LogP contribution in [0.2, 0.25) is 0 Å². The zero-order valence-electron chi connectivity index (χ0n) is 8.25. The third-order valence-corrected chi connectivity index (χ3v) is 2.38. The fourth-order valence-corrected chi connectivity index (χ4v) is 1.47. The van der Waals surface area contributed by atoms with Crippen molar-refractivity contribution in [1.82, 2.24) is 4.90 Å². The van der Waals surface area contributed by atoms with E-state index in [0.717, 1.165) is 39.3 Å². The minimum absolute atomic E-state index is 0.165. The first-order chi connectivity index (χ1) is 6.20. The van der Waals surface area contributed by atoms with E-state index in [2.05, 4.69) is 4.90 Å². The first-order valence-electron chi connectivity index (χ1n) is 4.84. The van der Waals surface area contributed by atoms with Crippen molar-refractivity contribution in [2.75, 3.05) is 32.8 Å². The maximum Gasteiger partial charge on any atom is 0.0947 e. The SMILES string of the molecule is CC(CN1CCCOCC1)C(=N)N. The van der Waals surface area contributed by atoms with Crippen LogP contribution in [0.25, 0.3) is 0 Å². The summed E-state index contributed by atoms with van der Waals surface area (Å²) < 4.78 is 5.34. The van der Waals surface area contributed by atoms with E-state index in [-0.39, 0.29) is 11.8 Å². The summed E-state index contributed by atoms with van der Waals surface area (Å²) in [5.41, 5.74) is 5.42. The van der Waals surface area contributed by atoms with Gasteiger partial charge in [-0.15, -0.1) is 0 Å². The number of nitrogens with one attached hydrogen (secondary N) is 1. The molecule has 0 bridgehead atoms. The van der Waals surface area contributed by atoms with Crippen LogP contribution in [0, 0.1) is 11.3 Å². The van der Waals surface area contributed by atoms with Gasteiger partial charge >= 0.3 is 0 Å². The van der Waals surface area contributed by atoms with Gasteiger partial charge in [0, 0.05) is 32.2 Å². The van der Waals surface area contributed by atoms with Crippen molar-refractivity contribution in [3.8, 4) is 0 Å². The quantitative estimate of drug-likeness (QED) is 0.490. The lowest BCUT2D eigenvalue weighted by molar-refractivity contribution is 0.140. The van der Waals surface area contributed by atoms with E-state index in [9.17, 15) is 0 Å². The average Bonchev–Trinajstić information content (AvgIpc) is 2.32. The molecule has 1 rings (SSSR count). The molecule has 0 aromatic heterocycles. The largest absolute Gasteiger partial charge is 0.387 e. The lowest BCUT2D eigenvalue weighted by Crippen LogP contribution is -2.35. The second-order valence-electron chi connectivity index (χ2n) is 3.62. The van der Waals surface area contributed by atoms with Crippen molar-refractivity contribution >= 4 is 5.84 Å². The summed E-state index contributed by atoms with van der Waals surface area (Å²) in [6.45, 7) is 6.59. The molecule has 1 aliphatic heterocycles. The van der Waals surface area contributed by atoms with Gasteiger partial charge in [0.2, 0.25) is 0 Å². The highest BCUT2D eigenvalue weighted by Crippen LogP contribution is 2.03. The minimum Gasteiger partial charge on any atom is -0.387 e. The highest BCUT2D eigenvalue weighted by Gasteiger charge is 2.13. The Labute approximate surface area is 79.6 Å². The smallest absolute Gasteiger partial charge is 0.0947 e. The van der Waals surface area contributed by atoms with Gasteiger partial charge < -0.3 is 15.4 Å². The van der Waals surface area contributed by atoms with Crippen molar-refractivity contribution in [3.05, 3.63) is 0 Å². The molecule has 4 nitrogen and oxygen atoms in total. The molecule has 1 atom stereocenters. The first-order valence-corrected chi connectivity index (χ1v) is 4.84. The highest BCUT2D eigenvalue weighted by atomic mass is 16.5. The Kier molecular flexibility index (Phi) is 4.18. The molecule has 0 aromatic rings. The van der Waals surface area contributed by atoms with Crippen LogP contribution in [-0.2, 0) is 4.74 Å². The van der Waals surface area contributed by atoms with Crippen molar-refractivity contribution < 1.29 is 4.74 Å². The molecule has 1 unspecified atom stereocenters. The van der Waals surface area contributed by atoms with E-state index in [0.29, 0.717) is 0 Å². The second kappa shape index (κ2) is 5.19. The molecular formula is C9H19N3O. The minimum atomic E-state index is 0.165. The van der Waals surface area contributed by atoms with E-state index in [1.54, 1.807) is 0 Å². The Morgan fingerprint density at radius 3 is 3.00 bits per heavy atom. The highest BCUT2D eigenvalue weighted by molar-refractivity contribution is 5.79. The van der Waals surface area contributed by atoms with Gasteiger partial charge in [0.25, 0.3) is 0 Å². The van der Waals surface area contributed by atoms with Gasteiger partial charge in [-0.05, 0) is 6.42 Å². The Morgan fingerprint density at radius 1 is 1.54 bits per heavy atom. The van der Waals surface area contributed by atoms with Crippen LogP contribution in [0.4, 0.5) is 0 Å². The molecule has 0 saturated carbocycles. The number of nitrogens with zero attached hydrogens (tertiary/aromatic N) is 1. The van der Waals surface area contributed by atoms with Gasteiger partial charge in [-0.3, -0.25) is 5.41 Å². The third kappa shape index (κ3) is 3.74.